The van der Waals surface area contributed by atoms with Gasteiger partial charge in [0.15, 0.2) is 11.5 Å². The third-order valence-electron chi connectivity index (χ3n) is 6.29. The molecule has 1 N–H and O–H groups in total. The van der Waals surface area contributed by atoms with Crippen LogP contribution in [0.5, 0.6) is 11.5 Å². The summed E-state index contributed by atoms with van der Waals surface area (Å²) < 4.78 is 11.5. The van der Waals surface area contributed by atoms with Gasteiger partial charge in [0.05, 0.1) is 13.2 Å². The third kappa shape index (κ3) is 7.83. The van der Waals surface area contributed by atoms with Gasteiger partial charge in [-0.25, -0.2) is 0 Å². The molecule has 3 rings (SSSR count). The molecule has 0 bridgehead atoms. The number of anilines is 1. The van der Waals surface area contributed by atoms with E-state index in [1.165, 1.54) is 0 Å². The van der Waals surface area contributed by atoms with E-state index in [-0.39, 0.29) is 5.91 Å². The number of nitriles is 1. The fraction of sp³-hybridized carbons (Fsp3) is 0.355. The van der Waals surface area contributed by atoms with Gasteiger partial charge in [-0.2, -0.15) is 5.26 Å². The Morgan fingerprint density at radius 2 is 1.68 bits per heavy atom. The minimum Gasteiger partial charge on any atom is -0.493 e. The molecule has 0 atom stereocenters. The van der Waals surface area contributed by atoms with Crippen LogP contribution in [0, 0.1) is 11.3 Å². The second-order valence-electron chi connectivity index (χ2n) is 9.53. The summed E-state index contributed by atoms with van der Waals surface area (Å²) in [6, 6.07) is 24.1. The first-order chi connectivity index (χ1) is 17.8. The normalized spacial score (nSPS) is 11.0. The van der Waals surface area contributed by atoms with Crippen LogP contribution in [0.2, 0.25) is 0 Å². The molecule has 0 saturated carbocycles. The zero-order chi connectivity index (χ0) is 26.8. The predicted molar refractivity (Wildman–Crippen MR) is 149 cm³/mol. The fourth-order valence-electron chi connectivity index (χ4n) is 4.36. The number of nitrogens with one attached hydrogen (secondary N) is 1. The van der Waals surface area contributed by atoms with Crippen LogP contribution < -0.4 is 14.8 Å². The molecule has 0 aliphatic rings. The minimum absolute atomic E-state index is 0.198. The predicted octanol–water partition coefficient (Wildman–Crippen LogP) is 6.57. The molecule has 0 saturated heterocycles. The molecule has 3 aromatic rings. The van der Waals surface area contributed by atoms with E-state index in [9.17, 15) is 4.79 Å². The molecule has 0 aliphatic heterocycles. The largest absolute Gasteiger partial charge is 0.493 e. The van der Waals surface area contributed by atoms with Crippen molar-refractivity contribution < 1.29 is 14.3 Å². The summed E-state index contributed by atoms with van der Waals surface area (Å²) in [6.07, 6.45) is 1.22. The number of rotatable bonds is 12. The summed E-state index contributed by atoms with van der Waals surface area (Å²) in [5, 5.41) is 11.8. The molecule has 1 amide bonds. The lowest BCUT2D eigenvalue weighted by Gasteiger charge is -2.30. The molecule has 6 heteroatoms. The van der Waals surface area contributed by atoms with Crippen molar-refractivity contribution in [1.82, 2.24) is 4.90 Å². The number of hydrogen-bond donors (Lipinski definition) is 1. The average molecular weight is 500 g/mol. The van der Waals surface area contributed by atoms with Crippen molar-refractivity contribution in [3.8, 4) is 28.7 Å². The Kier molecular flexibility index (Phi) is 10.1. The molecule has 0 spiro atoms. The lowest BCUT2D eigenvalue weighted by molar-refractivity contribution is 0.102. The number of aryl methyl sites for hydroxylation is 1. The number of carbonyl (C=O) groups excluding carboxylic acids is 1. The van der Waals surface area contributed by atoms with Crippen LogP contribution in [-0.4, -0.2) is 43.2 Å². The number of ether oxygens (including phenoxy) is 2. The van der Waals surface area contributed by atoms with Gasteiger partial charge in [-0.3, -0.25) is 9.69 Å². The van der Waals surface area contributed by atoms with E-state index in [4.69, 9.17) is 14.7 Å². The van der Waals surface area contributed by atoms with Gasteiger partial charge in [0.25, 0.3) is 5.91 Å². The van der Waals surface area contributed by atoms with Gasteiger partial charge in [-0.1, -0.05) is 36.4 Å². The van der Waals surface area contributed by atoms with Crippen molar-refractivity contribution >= 4 is 11.6 Å². The lowest BCUT2D eigenvalue weighted by Crippen LogP contribution is -2.39. The molecule has 0 aliphatic carbocycles. The highest BCUT2D eigenvalue weighted by molar-refractivity contribution is 6.04. The highest BCUT2D eigenvalue weighted by Crippen LogP contribution is 2.31. The van der Waals surface area contributed by atoms with Crippen molar-refractivity contribution in [3.05, 3.63) is 77.9 Å². The van der Waals surface area contributed by atoms with E-state index in [0.717, 1.165) is 29.7 Å². The summed E-state index contributed by atoms with van der Waals surface area (Å²) in [4.78, 5) is 15.3. The smallest absolute Gasteiger partial charge is 0.255 e. The number of benzene rings is 3. The Hall–Kier alpha value is -3.82. The first-order valence-electron chi connectivity index (χ1n) is 12.8. The molecule has 0 fully saturated rings. The van der Waals surface area contributed by atoms with Crippen LogP contribution in [0.25, 0.3) is 11.1 Å². The zero-order valence-corrected chi connectivity index (χ0v) is 22.5. The Bertz CT molecular complexity index is 1210. The van der Waals surface area contributed by atoms with Crippen molar-refractivity contribution in [2.24, 2.45) is 0 Å². The van der Waals surface area contributed by atoms with Crippen LogP contribution in [0.1, 0.15) is 50.0 Å². The molecule has 194 valence electrons. The SMILES string of the molecule is COc1ccc(NC(=O)c2ccc(-c3cccc(CCC#N)c3)cc2)cc1OCCN(C(C)C)C(C)C. The molecular formula is C31H37N3O3. The maximum absolute atomic E-state index is 12.9. The summed E-state index contributed by atoms with van der Waals surface area (Å²) in [7, 11) is 1.61. The zero-order valence-electron chi connectivity index (χ0n) is 22.5. The average Bonchev–Trinajstić information content (AvgIpc) is 2.90. The van der Waals surface area contributed by atoms with E-state index in [1.807, 2.05) is 42.5 Å². The van der Waals surface area contributed by atoms with Crippen LogP contribution in [0.4, 0.5) is 5.69 Å². The van der Waals surface area contributed by atoms with Gasteiger partial charge in [-0.05, 0) is 75.1 Å². The number of nitrogens with zero attached hydrogens (tertiary/aromatic N) is 2. The Morgan fingerprint density at radius 1 is 0.946 bits per heavy atom. The summed E-state index contributed by atoms with van der Waals surface area (Å²) in [5.41, 5.74) is 4.41. The van der Waals surface area contributed by atoms with Gasteiger partial charge in [0, 0.05) is 42.4 Å². The number of amides is 1. The standard InChI is InChI=1S/C31H37N3O3/c1-22(2)34(23(3)4)18-19-37-30-21-28(15-16-29(30)36-5)33-31(35)26-13-11-25(12-14-26)27-10-6-8-24(20-27)9-7-17-32/h6,8,10-16,20-23H,7,9,18-19H2,1-5H3,(H,33,35). The summed E-state index contributed by atoms with van der Waals surface area (Å²) in [6.45, 7) is 10.0. The topological polar surface area (TPSA) is 74.6 Å². The summed E-state index contributed by atoms with van der Waals surface area (Å²) in [5.74, 6) is 1.02. The minimum atomic E-state index is -0.198. The number of hydrogen-bond acceptors (Lipinski definition) is 5. The molecule has 6 nitrogen and oxygen atoms in total. The van der Waals surface area contributed by atoms with Crippen LogP contribution >= 0.6 is 0 Å². The molecule has 37 heavy (non-hydrogen) atoms. The van der Waals surface area contributed by atoms with Crippen molar-refractivity contribution in [3.63, 3.8) is 0 Å². The number of carbonyl (C=O) groups is 1. The molecule has 0 aromatic heterocycles. The second-order valence-corrected chi connectivity index (χ2v) is 9.53. The van der Waals surface area contributed by atoms with Crippen LogP contribution in [0.15, 0.2) is 66.7 Å². The molecule has 0 radical (unpaired) electrons. The highest BCUT2D eigenvalue weighted by atomic mass is 16.5. The number of methoxy groups -OCH3 is 1. The van der Waals surface area contributed by atoms with Gasteiger partial charge in [-0.15, -0.1) is 0 Å². The quantitative estimate of drug-likeness (QED) is 0.305. The van der Waals surface area contributed by atoms with E-state index in [1.54, 1.807) is 25.3 Å². The maximum atomic E-state index is 12.9. The van der Waals surface area contributed by atoms with Crippen LogP contribution in [0.3, 0.4) is 0 Å². The van der Waals surface area contributed by atoms with E-state index < -0.39 is 0 Å². The van der Waals surface area contributed by atoms with Gasteiger partial charge in [0.1, 0.15) is 6.61 Å². The second kappa shape index (κ2) is 13.5. The fourth-order valence-corrected chi connectivity index (χ4v) is 4.36. The van der Waals surface area contributed by atoms with E-state index in [2.05, 4.69) is 50.0 Å². The molecular weight excluding hydrogens is 462 g/mol. The van der Waals surface area contributed by atoms with Gasteiger partial charge >= 0.3 is 0 Å². The monoisotopic (exact) mass is 499 g/mol. The van der Waals surface area contributed by atoms with E-state index >= 15 is 0 Å². The van der Waals surface area contributed by atoms with Crippen molar-refractivity contribution in [1.29, 1.82) is 5.26 Å². The van der Waals surface area contributed by atoms with Crippen LogP contribution in [-0.2, 0) is 6.42 Å². The highest BCUT2D eigenvalue weighted by Gasteiger charge is 2.15. The molecule has 3 aromatic carbocycles. The molecule has 0 heterocycles. The van der Waals surface area contributed by atoms with Crippen molar-refractivity contribution in [2.45, 2.75) is 52.6 Å². The van der Waals surface area contributed by atoms with Gasteiger partial charge in [0.2, 0.25) is 0 Å². The lowest BCUT2D eigenvalue weighted by atomic mass is 10.00. The van der Waals surface area contributed by atoms with Crippen molar-refractivity contribution in [2.75, 3.05) is 25.6 Å². The molecule has 0 unspecified atom stereocenters. The Labute approximate surface area is 220 Å². The van der Waals surface area contributed by atoms with Gasteiger partial charge < -0.3 is 14.8 Å². The van der Waals surface area contributed by atoms with E-state index in [0.29, 0.717) is 47.9 Å². The Balaban J connectivity index is 1.66. The first-order valence-corrected chi connectivity index (χ1v) is 12.8. The Morgan fingerprint density at radius 3 is 2.32 bits per heavy atom. The first kappa shape index (κ1) is 27.8. The summed E-state index contributed by atoms with van der Waals surface area (Å²) >= 11 is 0. The maximum Gasteiger partial charge on any atom is 0.255 e. The third-order valence-corrected chi connectivity index (χ3v) is 6.29.